The lowest BCUT2D eigenvalue weighted by molar-refractivity contribution is 0.354. The van der Waals surface area contributed by atoms with E-state index in [1.807, 2.05) is 25.1 Å². The molecule has 0 radical (unpaired) electrons. The third kappa shape index (κ3) is 2.00. The Kier molecular flexibility index (Phi) is 3.41. The van der Waals surface area contributed by atoms with Gasteiger partial charge in [-0.05, 0) is 24.6 Å². The summed E-state index contributed by atoms with van der Waals surface area (Å²) in [6, 6.07) is 5.72. The second kappa shape index (κ2) is 4.57. The van der Waals surface area contributed by atoms with E-state index >= 15 is 0 Å². The molecule has 74 valence electrons. The van der Waals surface area contributed by atoms with Crippen LogP contribution in [0.4, 0.5) is 0 Å². The van der Waals surface area contributed by atoms with Crippen LogP contribution in [0.2, 0.25) is 0 Å². The number of hydrogen-bond acceptors (Lipinski definition) is 2. The second-order valence-electron chi connectivity index (χ2n) is 3.00. The topological polar surface area (TPSA) is 18.5 Å². The zero-order valence-electron chi connectivity index (χ0n) is 8.70. The maximum atomic E-state index is 5.34. The summed E-state index contributed by atoms with van der Waals surface area (Å²) < 4.78 is 10.3. The Bertz CT molecular complexity index is 350. The third-order valence-electron chi connectivity index (χ3n) is 2.16. The highest BCUT2D eigenvalue weighted by atomic mass is 16.5. The molecular formula is C12H14O2. The van der Waals surface area contributed by atoms with Gasteiger partial charge in [-0.1, -0.05) is 12.0 Å². The van der Waals surface area contributed by atoms with Crippen molar-refractivity contribution in [3.63, 3.8) is 0 Å². The van der Waals surface area contributed by atoms with Gasteiger partial charge in [-0.15, -0.1) is 6.42 Å². The van der Waals surface area contributed by atoms with Crippen molar-refractivity contribution in [3.8, 4) is 23.8 Å². The molecule has 1 rings (SSSR count). The molecule has 0 aliphatic rings. The van der Waals surface area contributed by atoms with Crippen molar-refractivity contribution in [1.29, 1.82) is 0 Å². The van der Waals surface area contributed by atoms with Crippen LogP contribution in [0.15, 0.2) is 18.2 Å². The first-order valence-corrected chi connectivity index (χ1v) is 4.41. The van der Waals surface area contributed by atoms with Gasteiger partial charge in [-0.25, -0.2) is 0 Å². The molecule has 0 aliphatic carbocycles. The quantitative estimate of drug-likeness (QED) is 0.681. The highest BCUT2D eigenvalue weighted by Gasteiger charge is 2.07. The molecule has 2 heteroatoms. The van der Waals surface area contributed by atoms with Gasteiger partial charge in [0, 0.05) is 5.92 Å². The van der Waals surface area contributed by atoms with E-state index < -0.39 is 0 Å². The Morgan fingerprint density at radius 1 is 1.21 bits per heavy atom. The van der Waals surface area contributed by atoms with Crippen LogP contribution in [0.1, 0.15) is 18.4 Å². The minimum absolute atomic E-state index is 0.0924. The van der Waals surface area contributed by atoms with E-state index in [0.29, 0.717) is 5.75 Å². The maximum absolute atomic E-state index is 5.34. The number of ether oxygens (including phenoxy) is 2. The fourth-order valence-corrected chi connectivity index (χ4v) is 1.22. The minimum atomic E-state index is 0.0924. The van der Waals surface area contributed by atoms with Crippen LogP contribution >= 0.6 is 0 Å². The molecule has 1 atom stereocenters. The Morgan fingerprint density at radius 3 is 2.36 bits per heavy atom. The lowest BCUT2D eigenvalue weighted by Crippen LogP contribution is -1.94. The summed E-state index contributed by atoms with van der Waals surface area (Å²) in [5.41, 5.74) is 1.06. The molecule has 14 heavy (non-hydrogen) atoms. The highest BCUT2D eigenvalue weighted by molar-refractivity contribution is 5.44. The van der Waals surface area contributed by atoms with Crippen molar-refractivity contribution in [2.45, 2.75) is 12.8 Å². The van der Waals surface area contributed by atoms with Crippen molar-refractivity contribution in [1.82, 2.24) is 0 Å². The SMILES string of the molecule is C#CC(C)c1ccc(OC)c(OC)c1. The number of methoxy groups -OCH3 is 2. The van der Waals surface area contributed by atoms with Gasteiger partial charge in [-0.3, -0.25) is 0 Å². The number of hydrogen-bond donors (Lipinski definition) is 0. The first-order valence-electron chi connectivity index (χ1n) is 4.41. The highest BCUT2D eigenvalue weighted by Crippen LogP contribution is 2.30. The van der Waals surface area contributed by atoms with Crippen LogP contribution in [-0.2, 0) is 0 Å². The summed E-state index contributed by atoms with van der Waals surface area (Å²) in [6.45, 7) is 1.97. The summed E-state index contributed by atoms with van der Waals surface area (Å²) in [5.74, 6) is 4.20. The molecule has 0 bridgehead atoms. The molecule has 0 fully saturated rings. The first-order chi connectivity index (χ1) is 6.72. The van der Waals surface area contributed by atoms with E-state index in [1.165, 1.54) is 0 Å². The zero-order valence-corrected chi connectivity index (χ0v) is 8.70. The molecule has 0 saturated carbocycles. The molecule has 1 unspecified atom stereocenters. The summed E-state index contributed by atoms with van der Waals surface area (Å²) in [7, 11) is 3.23. The molecular weight excluding hydrogens is 176 g/mol. The van der Waals surface area contributed by atoms with Crippen molar-refractivity contribution >= 4 is 0 Å². The fraction of sp³-hybridized carbons (Fsp3) is 0.333. The van der Waals surface area contributed by atoms with Gasteiger partial charge in [-0.2, -0.15) is 0 Å². The lowest BCUT2D eigenvalue weighted by atomic mass is 10.0. The Balaban J connectivity index is 3.08. The van der Waals surface area contributed by atoms with Crippen molar-refractivity contribution in [2.75, 3.05) is 14.2 Å². The molecule has 1 aromatic rings. The van der Waals surface area contributed by atoms with E-state index in [-0.39, 0.29) is 5.92 Å². The van der Waals surface area contributed by atoms with E-state index in [4.69, 9.17) is 15.9 Å². The molecule has 0 aromatic heterocycles. The third-order valence-corrected chi connectivity index (χ3v) is 2.16. The van der Waals surface area contributed by atoms with Crippen LogP contribution in [-0.4, -0.2) is 14.2 Å². The van der Waals surface area contributed by atoms with Gasteiger partial charge in [0.05, 0.1) is 14.2 Å². The van der Waals surface area contributed by atoms with Crippen LogP contribution in [0.25, 0.3) is 0 Å². The standard InChI is InChI=1S/C12H14O2/c1-5-9(2)10-6-7-11(13-3)12(8-10)14-4/h1,6-9H,2-4H3. The Hall–Kier alpha value is -1.62. The number of rotatable bonds is 3. The monoisotopic (exact) mass is 190 g/mol. The molecule has 0 heterocycles. The lowest BCUT2D eigenvalue weighted by Gasteiger charge is -2.10. The average molecular weight is 190 g/mol. The summed E-state index contributed by atoms with van der Waals surface area (Å²) >= 11 is 0. The van der Waals surface area contributed by atoms with Crippen LogP contribution < -0.4 is 9.47 Å². The molecule has 0 N–H and O–H groups in total. The zero-order chi connectivity index (χ0) is 10.6. The van der Waals surface area contributed by atoms with Gasteiger partial charge in [0.2, 0.25) is 0 Å². The van der Waals surface area contributed by atoms with Crippen LogP contribution in [0, 0.1) is 12.3 Å². The molecule has 0 aliphatic heterocycles. The average Bonchev–Trinajstić information content (AvgIpc) is 2.26. The van der Waals surface area contributed by atoms with Gasteiger partial charge in [0.1, 0.15) is 0 Å². The maximum Gasteiger partial charge on any atom is 0.161 e. The molecule has 0 amide bonds. The summed E-state index contributed by atoms with van der Waals surface area (Å²) in [4.78, 5) is 0. The minimum Gasteiger partial charge on any atom is -0.493 e. The van der Waals surface area contributed by atoms with E-state index in [9.17, 15) is 0 Å². The van der Waals surface area contributed by atoms with Crippen molar-refractivity contribution in [3.05, 3.63) is 23.8 Å². The van der Waals surface area contributed by atoms with Gasteiger partial charge < -0.3 is 9.47 Å². The predicted octanol–water partition coefficient (Wildman–Crippen LogP) is 2.44. The van der Waals surface area contributed by atoms with Crippen molar-refractivity contribution in [2.24, 2.45) is 0 Å². The van der Waals surface area contributed by atoms with Crippen LogP contribution in [0.3, 0.4) is 0 Å². The molecule has 0 saturated heterocycles. The number of benzene rings is 1. The molecule has 2 nitrogen and oxygen atoms in total. The normalized spacial score (nSPS) is 11.6. The van der Waals surface area contributed by atoms with Gasteiger partial charge in [0.15, 0.2) is 11.5 Å². The molecule has 0 spiro atoms. The van der Waals surface area contributed by atoms with Gasteiger partial charge >= 0.3 is 0 Å². The van der Waals surface area contributed by atoms with E-state index in [1.54, 1.807) is 14.2 Å². The second-order valence-corrected chi connectivity index (χ2v) is 3.00. The van der Waals surface area contributed by atoms with Crippen molar-refractivity contribution < 1.29 is 9.47 Å². The summed E-state index contributed by atoms with van der Waals surface area (Å²) in [5, 5.41) is 0. The first kappa shape index (κ1) is 10.5. The fourth-order valence-electron chi connectivity index (χ4n) is 1.22. The summed E-state index contributed by atoms with van der Waals surface area (Å²) in [6.07, 6.45) is 5.34. The largest absolute Gasteiger partial charge is 0.493 e. The van der Waals surface area contributed by atoms with E-state index in [2.05, 4.69) is 5.92 Å². The Labute approximate surface area is 84.8 Å². The number of terminal acetylenes is 1. The van der Waals surface area contributed by atoms with E-state index in [0.717, 1.165) is 11.3 Å². The predicted molar refractivity (Wildman–Crippen MR) is 56.8 cm³/mol. The van der Waals surface area contributed by atoms with Crippen LogP contribution in [0.5, 0.6) is 11.5 Å². The smallest absolute Gasteiger partial charge is 0.161 e. The van der Waals surface area contributed by atoms with Gasteiger partial charge in [0.25, 0.3) is 0 Å². The molecule has 1 aromatic carbocycles. The Morgan fingerprint density at radius 2 is 1.86 bits per heavy atom.